The topological polar surface area (TPSA) is 85.8 Å². The third-order valence-corrected chi connectivity index (χ3v) is 6.05. The van der Waals surface area contributed by atoms with Gasteiger partial charge in [-0.3, -0.25) is 4.79 Å². The molecule has 6 nitrogen and oxygen atoms in total. The van der Waals surface area contributed by atoms with Crippen LogP contribution in [-0.4, -0.2) is 26.9 Å². The molecule has 0 aliphatic heterocycles. The van der Waals surface area contributed by atoms with Crippen LogP contribution in [0.5, 0.6) is 0 Å². The van der Waals surface area contributed by atoms with Gasteiger partial charge in [0.25, 0.3) is 0 Å². The Bertz CT molecular complexity index is 1180. The van der Waals surface area contributed by atoms with Gasteiger partial charge in [-0.25, -0.2) is 9.97 Å². The Morgan fingerprint density at radius 1 is 1.14 bits per heavy atom. The summed E-state index contributed by atoms with van der Waals surface area (Å²) in [5, 5.41) is 4.72. The van der Waals surface area contributed by atoms with Crippen molar-refractivity contribution in [2.45, 2.75) is 25.7 Å². The number of ketones is 1. The molecule has 4 rings (SSSR count). The minimum atomic E-state index is 0.145. The number of carbonyl (C=O) groups is 1. The fraction of sp³-hybridized carbons (Fsp3) is 0.286. The maximum Gasteiger partial charge on any atom is 0.209 e. The maximum absolute atomic E-state index is 12.5. The van der Waals surface area contributed by atoms with Crippen LogP contribution in [0.2, 0.25) is 5.02 Å². The van der Waals surface area contributed by atoms with Gasteiger partial charge in [-0.05, 0) is 55.8 Å². The van der Waals surface area contributed by atoms with Crippen molar-refractivity contribution in [3.63, 3.8) is 0 Å². The van der Waals surface area contributed by atoms with E-state index in [4.69, 9.17) is 17.3 Å². The van der Waals surface area contributed by atoms with Gasteiger partial charge >= 0.3 is 0 Å². The highest BCUT2D eigenvalue weighted by molar-refractivity contribution is 7.22. The number of fused-ring (bicyclic) bond motifs is 2. The number of anilines is 2. The summed E-state index contributed by atoms with van der Waals surface area (Å²) in [5.41, 5.74) is 8.84. The van der Waals surface area contributed by atoms with E-state index in [0.717, 1.165) is 45.6 Å². The largest absolute Gasteiger partial charge is 0.330 e. The molecule has 0 saturated heterocycles. The van der Waals surface area contributed by atoms with Gasteiger partial charge < -0.3 is 15.6 Å². The molecule has 0 saturated carbocycles. The monoisotopic (exact) mass is 427 g/mol. The van der Waals surface area contributed by atoms with Gasteiger partial charge in [0.05, 0.1) is 21.3 Å². The van der Waals surface area contributed by atoms with Crippen molar-refractivity contribution < 1.29 is 4.79 Å². The van der Waals surface area contributed by atoms with E-state index >= 15 is 0 Å². The first-order chi connectivity index (χ1) is 14.0. The molecule has 0 aliphatic carbocycles. The first kappa shape index (κ1) is 19.8. The lowest BCUT2D eigenvalue weighted by atomic mass is 10.0. The Kier molecular flexibility index (Phi) is 5.80. The predicted octanol–water partition coefficient (Wildman–Crippen LogP) is 5.28. The van der Waals surface area contributed by atoms with Gasteiger partial charge in [-0.15, -0.1) is 0 Å². The molecule has 0 radical (unpaired) electrons. The van der Waals surface area contributed by atoms with Crippen molar-refractivity contribution in [3.8, 4) is 0 Å². The van der Waals surface area contributed by atoms with E-state index < -0.39 is 0 Å². The summed E-state index contributed by atoms with van der Waals surface area (Å²) >= 11 is 7.59. The Hall–Kier alpha value is -2.48. The number of nitrogens with one attached hydrogen (secondary N) is 1. The summed E-state index contributed by atoms with van der Waals surface area (Å²) in [5.74, 6) is 0.824. The lowest BCUT2D eigenvalue weighted by molar-refractivity contribution is 0.0979. The van der Waals surface area contributed by atoms with E-state index in [1.54, 1.807) is 0 Å². The average molecular weight is 428 g/mol. The van der Waals surface area contributed by atoms with Crippen molar-refractivity contribution in [2.24, 2.45) is 12.8 Å². The van der Waals surface area contributed by atoms with Crippen LogP contribution in [0, 0.1) is 0 Å². The number of hydrogen-bond donors (Lipinski definition) is 2. The Morgan fingerprint density at radius 2 is 2.00 bits per heavy atom. The molecule has 2 heterocycles. The van der Waals surface area contributed by atoms with Crippen LogP contribution in [0.3, 0.4) is 0 Å². The van der Waals surface area contributed by atoms with Gasteiger partial charge in [-0.2, -0.15) is 0 Å². The second-order valence-corrected chi connectivity index (χ2v) is 8.44. The summed E-state index contributed by atoms with van der Waals surface area (Å²) < 4.78 is 2.98. The highest BCUT2D eigenvalue weighted by Gasteiger charge is 2.13. The Morgan fingerprint density at radius 3 is 2.83 bits per heavy atom. The first-order valence-corrected chi connectivity index (χ1v) is 10.8. The van der Waals surface area contributed by atoms with Crippen LogP contribution in [0.25, 0.3) is 21.3 Å². The van der Waals surface area contributed by atoms with Gasteiger partial charge in [0.15, 0.2) is 10.9 Å². The van der Waals surface area contributed by atoms with Crippen LogP contribution in [0.4, 0.5) is 11.1 Å². The molecule has 0 aliphatic rings. The van der Waals surface area contributed by atoms with E-state index in [-0.39, 0.29) is 5.78 Å². The number of aryl methyl sites for hydroxylation is 1. The molecular weight excluding hydrogens is 406 g/mol. The zero-order valence-corrected chi connectivity index (χ0v) is 17.7. The number of nitrogens with zero attached hydrogens (tertiary/aromatic N) is 3. The summed E-state index contributed by atoms with van der Waals surface area (Å²) in [6.45, 7) is 0.672. The van der Waals surface area contributed by atoms with Gasteiger partial charge in [-0.1, -0.05) is 29.4 Å². The van der Waals surface area contributed by atoms with Crippen LogP contribution in [-0.2, 0) is 7.05 Å². The zero-order chi connectivity index (χ0) is 20.4. The number of rotatable bonds is 8. The standard InChI is InChI=1S/C21H22ClN5OS/c1-27-17-9-6-13(18(28)5-3-2-4-10-23)11-16(17)24-20(27)26-21-25-15-8-7-14(22)12-19(15)29-21/h6-9,11-12H,2-5,10,23H2,1H3,(H,24,25,26). The number of aromatic nitrogens is 3. The molecule has 3 N–H and O–H groups in total. The number of imidazole rings is 1. The molecule has 0 spiro atoms. The Balaban J connectivity index is 1.55. The van der Waals surface area contributed by atoms with E-state index in [1.807, 2.05) is 48.0 Å². The fourth-order valence-electron chi connectivity index (χ4n) is 3.28. The quantitative estimate of drug-likeness (QED) is 0.295. The normalized spacial score (nSPS) is 11.4. The zero-order valence-electron chi connectivity index (χ0n) is 16.1. The number of unbranched alkanes of at least 4 members (excludes halogenated alkanes) is 2. The van der Waals surface area contributed by atoms with E-state index in [9.17, 15) is 4.79 Å². The number of thiazole rings is 1. The summed E-state index contributed by atoms with van der Waals surface area (Å²) in [6, 6.07) is 11.3. The SMILES string of the molecule is Cn1c(Nc2nc3ccc(Cl)cc3s2)nc2cc(C(=O)CCCCCN)ccc21. The number of benzene rings is 2. The molecular formula is C21H22ClN5OS. The van der Waals surface area contributed by atoms with Gasteiger partial charge in [0.1, 0.15) is 0 Å². The van der Waals surface area contributed by atoms with Crippen LogP contribution < -0.4 is 11.1 Å². The lowest BCUT2D eigenvalue weighted by Crippen LogP contribution is -2.01. The molecule has 29 heavy (non-hydrogen) atoms. The molecule has 150 valence electrons. The molecule has 4 aromatic rings. The summed E-state index contributed by atoms with van der Waals surface area (Å²) in [6.07, 6.45) is 3.34. The van der Waals surface area contributed by atoms with Crippen molar-refractivity contribution in [1.29, 1.82) is 0 Å². The van der Waals surface area contributed by atoms with E-state index in [0.29, 0.717) is 29.5 Å². The minimum Gasteiger partial charge on any atom is -0.330 e. The van der Waals surface area contributed by atoms with E-state index in [2.05, 4.69) is 15.3 Å². The number of halogens is 1. The van der Waals surface area contributed by atoms with Gasteiger partial charge in [0.2, 0.25) is 5.95 Å². The fourth-order valence-corrected chi connectivity index (χ4v) is 4.42. The molecule has 0 fully saturated rings. The lowest BCUT2D eigenvalue weighted by Gasteiger charge is -2.03. The third-order valence-electron chi connectivity index (χ3n) is 4.88. The van der Waals surface area contributed by atoms with Crippen LogP contribution >= 0.6 is 22.9 Å². The van der Waals surface area contributed by atoms with Crippen molar-refractivity contribution in [1.82, 2.24) is 14.5 Å². The highest BCUT2D eigenvalue weighted by atomic mass is 35.5. The molecule has 0 amide bonds. The Labute approximate surface area is 177 Å². The van der Waals surface area contributed by atoms with Crippen molar-refractivity contribution >= 4 is 61.1 Å². The molecule has 8 heteroatoms. The number of hydrogen-bond acceptors (Lipinski definition) is 6. The van der Waals surface area contributed by atoms with Crippen molar-refractivity contribution in [2.75, 3.05) is 11.9 Å². The molecule has 0 atom stereocenters. The number of nitrogens with two attached hydrogens (primary N) is 1. The summed E-state index contributed by atoms with van der Waals surface area (Å²) in [4.78, 5) is 21.7. The average Bonchev–Trinajstić information content (AvgIpc) is 3.25. The molecule has 2 aromatic heterocycles. The minimum absolute atomic E-state index is 0.145. The smallest absolute Gasteiger partial charge is 0.209 e. The molecule has 2 aromatic carbocycles. The predicted molar refractivity (Wildman–Crippen MR) is 120 cm³/mol. The number of carbonyl (C=O) groups excluding carboxylic acids is 1. The van der Waals surface area contributed by atoms with Crippen LogP contribution in [0.15, 0.2) is 36.4 Å². The summed E-state index contributed by atoms with van der Waals surface area (Å²) in [7, 11) is 1.94. The molecule has 0 bridgehead atoms. The van der Waals surface area contributed by atoms with Crippen molar-refractivity contribution in [3.05, 3.63) is 47.0 Å². The number of Topliss-reactive ketones (excluding diaryl/α,β-unsaturated/α-hetero) is 1. The maximum atomic E-state index is 12.5. The van der Waals surface area contributed by atoms with Gasteiger partial charge in [0, 0.05) is 24.1 Å². The highest BCUT2D eigenvalue weighted by Crippen LogP contribution is 2.31. The third kappa shape index (κ3) is 4.27. The second kappa shape index (κ2) is 8.49. The van der Waals surface area contributed by atoms with Crippen LogP contribution in [0.1, 0.15) is 36.0 Å². The molecule has 0 unspecified atom stereocenters. The van der Waals surface area contributed by atoms with E-state index in [1.165, 1.54) is 11.3 Å². The first-order valence-electron chi connectivity index (χ1n) is 9.58. The second-order valence-electron chi connectivity index (χ2n) is 6.98.